The van der Waals surface area contributed by atoms with E-state index in [0.29, 0.717) is 5.95 Å². The first kappa shape index (κ1) is 15.0. The second-order valence-electron chi connectivity index (χ2n) is 5.87. The van der Waals surface area contributed by atoms with Crippen molar-refractivity contribution in [1.29, 1.82) is 0 Å². The van der Waals surface area contributed by atoms with Gasteiger partial charge in [-0.2, -0.15) is 4.98 Å². The van der Waals surface area contributed by atoms with Crippen LogP contribution in [-0.2, 0) is 11.2 Å². The van der Waals surface area contributed by atoms with Crippen molar-refractivity contribution in [2.24, 2.45) is 0 Å². The Morgan fingerprint density at radius 3 is 2.96 bits per heavy atom. The molecule has 2 N–H and O–H groups in total. The summed E-state index contributed by atoms with van der Waals surface area (Å²) in [6.45, 7) is 4.08. The molecule has 3 heterocycles. The number of aromatic amines is 1. The van der Waals surface area contributed by atoms with Gasteiger partial charge >= 0.3 is 0 Å². The van der Waals surface area contributed by atoms with Crippen LogP contribution in [0.15, 0.2) is 42.7 Å². The van der Waals surface area contributed by atoms with Gasteiger partial charge in [-0.15, -0.1) is 0 Å². The molecule has 3 aromatic rings. The predicted molar refractivity (Wildman–Crippen MR) is 95.6 cm³/mol. The number of morpholine rings is 1. The lowest BCUT2D eigenvalue weighted by molar-refractivity contribution is 0.122. The molecule has 0 aliphatic carbocycles. The van der Waals surface area contributed by atoms with E-state index in [1.807, 2.05) is 18.3 Å². The van der Waals surface area contributed by atoms with E-state index < -0.39 is 0 Å². The van der Waals surface area contributed by atoms with Crippen molar-refractivity contribution in [2.45, 2.75) is 6.42 Å². The van der Waals surface area contributed by atoms with Crippen molar-refractivity contribution in [3.05, 3.63) is 48.3 Å². The molecule has 124 valence electrons. The van der Waals surface area contributed by atoms with Crippen LogP contribution in [0.1, 0.15) is 5.56 Å². The Morgan fingerprint density at radius 2 is 2.04 bits per heavy atom. The van der Waals surface area contributed by atoms with Crippen LogP contribution in [0.5, 0.6) is 0 Å². The highest BCUT2D eigenvalue weighted by Crippen LogP contribution is 2.18. The first-order valence-corrected chi connectivity index (χ1v) is 8.35. The molecule has 1 fully saturated rings. The molecule has 4 rings (SSSR count). The van der Waals surface area contributed by atoms with E-state index in [4.69, 9.17) is 4.74 Å². The number of nitrogens with zero attached hydrogens (tertiary/aromatic N) is 3. The van der Waals surface area contributed by atoms with Gasteiger partial charge in [0.2, 0.25) is 5.95 Å². The van der Waals surface area contributed by atoms with E-state index in [1.165, 1.54) is 16.5 Å². The molecule has 6 heteroatoms. The van der Waals surface area contributed by atoms with E-state index in [0.717, 1.165) is 45.1 Å². The second kappa shape index (κ2) is 6.88. The number of benzene rings is 1. The third kappa shape index (κ3) is 3.19. The monoisotopic (exact) mass is 323 g/mol. The van der Waals surface area contributed by atoms with E-state index in [9.17, 15) is 0 Å². The molecule has 1 saturated heterocycles. The first-order chi connectivity index (χ1) is 11.9. The summed E-state index contributed by atoms with van der Waals surface area (Å²) < 4.78 is 5.39. The summed E-state index contributed by atoms with van der Waals surface area (Å²) in [5, 5.41) is 4.61. The fourth-order valence-corrected chi connectivity index (χ4v) is 3.05. The zero-order chi connectivity index (χ0) is 16.2. The molecular formula is C18H21N5O. The van der Waals surface area contributed by atoms with E-state index in [1.54, 1.807) is 0 Å². The highest BCUT2D eigenvalue weighted by atomic mass is 16.5. The summed E-state index contributed by atoms with van der Waals surface area (Å²) in [6.07, 6.45) is 4.82. The average Bonchev–Trinajstić information content (AvgIpc) is 3.06. The number of aromatic nitrogens is 3. The Kier molecular flexibility index (Phi) is 4.29. The average molecular weight is 323 g/mol. The Morgan fingerprint density at radius 1 is 1.17 bits per heavy atom. The number of para-hydroxylation sites is 1. The normalized spacial score (nSPS) is 14.9. The van der Waals surface area contributed by atoms with Gasteiger partial charge in [-0.25, -0.2) is 4.98 Å². The topological polar surface area (TPSA) is 66.1 Å². The lowest BCUT2D eigenvalue weighted by Gasteiger charge is -2.27. The zero-order valence-electron chi connectivity index (χ0n) is 13.5. The minimum Gasteiger partial charge on any atom is -0.378 e. The summed E-state index contributed by atoms with van der Waals surface area (Å²) >= 11 is 0. The summed E-state index contributed by atoms with van der Waals surface area (Å²) in [6, 6.07) is 10.3. The Hall–Kier alpha value is -2.60. The quantitative estimate of drug-likeness (QED) is 0.755. The zero-order valence-corrected chi connectivity index (χ0v) is 13.5. The summed E-state index contributed by atoms with van der Waals surface area (Å²) in [4.78, 5) is 14.5. The van der Waals surface area contributed by atoms with Gasteiger partial charge in [0, 0.05) is 42.9 Å². The smallest absolute Gasteiger partial charge is 0.224 e. The van der Waals surface area contributed by atoms with Crippen LogP contribution < -0.4 is 10.2 Å². The molecule has 24 heavy (non-hydrogen) atoms. The maximum absolute atomic E-state index is 5.39. The van der Waals surface area contributed by atoms with E-state index in [-0.39, 0.29) is 0 Å². The fourth-order valence-electron chi connectivity index (χ4n) is 3.05. The molecule has 6 nitrogen and oxygen atoms in total. The van der Waals surface area contributed by atoms with Crippen LogP contribution >= 0.6 is 0 Å². The van der Waals surface area contributed by atoms with E-state index in [2.05, 4.69) is 49.6 Å². The van der Waals surface area contributed by atoms with Gasteiger partial charge in [0.05, 0.1) is 13.2 Å². The van der Waals surface area contributed by atoms with Crippen LogP contribution in [0.3, 0.4) is 0 Å². The molecule has 2 aromatic heterocycles. The molecule has 0 amide bonds. The molecule has 1 aromatic carbocycles. The van der Waals surface area contributed by atoms with Crippen LogP contribution in [0.4, 0.5) is 11.8 Å². The van der Waals surface area contributed by atoms with E-state index >= 15 is 0 Å². The molecule has 0 bridgehead atoms. The van der Waals surface area contributed by atoms with Crippen molar-refractivity contribution in [3.8, 4) is 0 Å². The summed E-state index contributed by atoms with van der Waals surface area (Å²) in [5.41, 5.74) is 2.49. The largest absolute Gasteiger partial charge is 0.378 e. The lowest BCUT2D eigenvalue weighted by Crippen LogP contribution is -2.36. The van der Waals surface area contributed by atoms with Crippen LogP contribution in [0.2, 0.25) is 0 Å². The van der Waals surface area contributed by atoms with Crippen molar-refractivity contribution in [3.63, 3.8) is 0 Å². The van der Waals surface area contributed by atoms with Crippen molar-refractivity contribution in [2.75, 3.05) is 43.1 Å². The van der Waals surface area contributed by atoms with Gasteiger partial charge in [0.25, 0.3) is 0 Å². The molecular weight excluding hydrogens is 302 g/mol. The second-order valence-corrected chi connectivity index (χ2v) is 5.87. The molecule has 0 radical (unpaired) electrons. The molecule has 0 atom stereocenters. The third-order valence-corrected chi connectivity index (χ3v) is 4.33. The summed E-state index contributed by atoms with van der Waals surface area (Å²) in [5.74, 6) is 1.64. The maximum Gasteiger partial charge on any atom is 0.224 e. The van der Waals surface area contributed by atoms with Gasteiger partial charge < -0.3 is 19.9 Å². The number of hydrogen-bond donors (Lipinski definition) is 2. The van der Waals surface area contributed by atoms with Crippen LogP contribution in [-0.4, -0.2) is 47.8 Å². The third-order valence-electron chi connectivity index (χ3n) is 4.33. The number of rotatable bonds is 5. The van der Waals surface area contributed by atoms with Crippen molar-refractivity contribution < 1.29 is 4.74 Å². The molecule has 0 unspecified atom stereocenters. The van der Waals surface area contributed by atoms with Crippen LogP contribution in [0, 0.1) is 0 Å². The van der Waals surface area contributed by atoms with Crippen molar-refractivity contribution in [1.82, 2.24) is 15.0 Å². The Bertz CT molecular complexity index is 810. The Balaban J connectivity index is 1.39. The van der Waals surface area contributed by atoms with Gasteiger partial charge in [-0.1, -0.05) is 18.2 Å². The number of nitrogens with one attached hydrogen (secondary N) is 2. The van der Waals surface area contributed by atoms with Gasteiger partial charge in [-0.05, 0) is 24.1 Å². The standard InChI is InChI=1S/C18H21N5O/c1-2-4-16-15(3-1)14(13-21-16)5-7-19-18-20-8-6-17(22-18)23-9-11-24-12-10-23/h1-4,6,8,13,21H,5,7,9-12H2,(H,19,20,22). The highest BCUT2D eigenvalue weighted by Gasteiger charge is 2.13. The van der Waals surface area contributed by atoms with Crippen LogP contribution in [0.25, 0.3) is 10.9 Å². The summed E-state index contributed by atoms with van der Waals surface area (Å²) in [7, 11) is 0. The number of H-pyrrole nitrogens is 1. The predicted octanol–water partition coefficient (Wildman–Crippen LogP) is 2.45. The fraction of sp³-hybridized carbons (Fsp3) is 0.333. The minimum atomic E-state index is 0.679. The number of ether oxygens (including phenoxy) is 1. The molecule has 1 aliphatic rings. The Labute approximate surface area is 140 Å². The van der Waals surface area contributed by atoms with Gasteiger partial charge in [-0.3, -0.25) is 0 Å². The SMILES string of the molecule is c1ccc2c(CCNc3nccc(N4CCOCC4)n3)c[nH]c2c1. The van der Waals surface area contributed by atoms with Crippen molar-refractivity contribution >= 4 is 22.7 Å². The molecule has 0 saturated carbocycles. The number of anilines is 2. The number of hydrogen-bond acceptors (Lipinski definition) is 5. The number of fused-ring (bicyclic) bond motifs is 1. The highest BCUT2D eigenvalue weighted by molar-refractivity contribution is 5.83. The van der Waals surface area contributed by atoms with Gasteiger partial charge in [0.1, 0.15) is 5.82 Å². The maximum atomic E-state index is 5.39. The molecule has 1 aliphatic heterocycles. The molecule has 0 spiro atoms. The van der Waals surface area contributed by atoms with Gasteiger partial charge in [0.15, 0.2) is 0 Å². The minimum absolute atomic E-state index is 0.679. The lowest BCUT2D eigenvalue weighted by atomic mass is 10.1. The first-order valence-electron chi connectivity index (χ1n) is 8.35.